The summed E-state index contributed by atoms with van der Waals surface area (Å²) in [6, 6.07) is 14.2. The number of nitrogens with zero attached hydrogens (tertiary/aromatic N) is 1. The van der Waals surface area contributed by atoms with Crippen molar-refractivity contribution in [2.24, 2.45) is 0 Å². The Bertz CT molecular complexity index is 540. The third kappa shape index (κ3) is 2.85. The van der Waals surface area contributed by atoms with Crippen LogP contribution in [0.3, 0.4) is 0 Å². The van der Waals surface area contributed by atoms with Crippen LogP contribution in [0.25, 0.3) is 0 Å². The fourth-order valence-corrected chi connectivity index (χ4v) is 1.41. The maximum Gasteiger partial charge on any atom is 0.343 e. The van der Waals surface area contributed by atoms with Gasteiger partial charge in [-0.1, -0.05) is 24.3 Å². The molecule has 2 rings (SSSR count). The Hall–Kier alpha value is -2.37. The normalized spacial score (nSPS) is 9.89. The van der Waals surface area contributed by atoms with E-state index in [0.29, 0.717) is 5.56 Å². The Labute approximate surface area is 103 Å². The monoisotopic (exact) mass is 244 g/mol. The van der Waals surface area contributed by atoms with Gasteiger partial charge in [-0.25, -0.2) is 4.79 Å². The molecule has 2 aromatic rings. The van der Waals surface area contributed by atoms with E-state index in [1.54, 1.807) is 30.3 Å². The lowest BCUT2D eigenvalue weighted by Gasteiger charge is -2.21. The van der Waals surface area contributed by atoms with Gasteiger partial charge in [0.1, 0.15) is 5.75 Å². The van der Waals surface area contributed by atoms with Crippen LogP contribution in [0.4, 0.5) is 5.69 Å². The van der Waals surface area contributed by atoms with Crippen LogP contribution in [0.5, 0.6) is 5.75 Å². The Kier molecular flexibility index (Phi) is 3.57. The molecular weight excluding hydrogens is 234 g/mol. The first-order valence-electron chi connectivity index (χ1n) is 5.20. The first-order valence-corrected chi connectivity index (χ1v) is 5.20. The summed E-state index contributed by atoms with van der Waals surface area (Å²) in [4.78, 5) is 11.7. The van der Waals surface area contributed by atoms with Crippen LogP contribution in [0.2, 0.25) is 0 Å². The van der Waals surface area contributed by atoms with Gasteiger partial charge in [-0.15, -0.1) is 0 Å². The highest BCUT2D eigenvalue weighted by Crippen LogP contribution is 2.20. The van der Waals surface area contributed by atoms with E-state index in [0.717, 1.165) is 0 Å². The van der Waals surface area contributed by atoms with Gasteiger partial charge >= 0.3 is 5.97 Å². The Morgan fingerprint density at radius 2 is 1.83 bits per heavy atom. The number of hydrogen-bond acceptors (Lipinski definition) is 5. The molecule has 0 aliphatic heterocycles. The Balaban J connectivity index is 2.15. The number of ether oxygens (including phenoxy) is 1. The lowest BCUT2D eigenvalue weighted by molar-refractivity contribution is 0.0734. The Morgan fingerprint density at radius 1 is 1.11 bits per heavy atom. The van der Waals surface area contributed by atoms with Crippen molar-refractivity contribution in [3.05, 3.63) is 65.4 Å². The van der Waals surface area contributed by atoms with Crippen molar-refractivity contribution >= 4 is 11.7 Å². The van der Waals surface area contributed by atoms with Gasteiger partial charge in [-0.3, -0.25) is 5.21 Å². The van der Waals surface area contributed by atoms with Crippen molar-refractivity contribution in [1.29, 1.82) is 0 Å². The molecule has 0 amide bonds. The molecule has 0 aromatic heterocycles. The number of anilines is 1. The number of carbonyl (C=O) groups excluding carboxylic acids is 1. The molecule has 0 fully saturated rings. The SMILES string of the molecule is O=C(Oc1cccc(N([O-])O)c1)c1ccccc1. The van der Waals surface area contributed by atoms with E-state index < -0.39 is 5.97 Å². The molecule has 92 valence electrons. The number of benzene rings is 2. The summed E-state index contributed by atoms with van der Waals surface area (Å²) >= 11 is 0. The third-order valence-corrected chi connectivity index (χ3v) is 2.26. The van der Waals surface area contributed by atoms with E-state index >= 15 is 0 Å². The quantitative estimate of drug-likeness (QED) is 0.510. The molecule has 0 spiro atoms. The van der Waals surface area contributed by atoms with E-state index in [-0.39, 0.29) is 16.7 Å². The molecule has 0 saturated carbocycles. The molecule has 0 heterocycles. The lowest BCUT2D eigenvalue weighted by Crippen LogP contribution is -2.10. The van der Waals surface area contributed by atoms with Gasteiger partial charge in [0.05, 0.1) is 11.3 Å². The predicted molar refractivity (Wildman–Crippen MR) is 65.5 cm³/mol. The fraction of sp³-hybridized carbons (Fsp3) is 0. The second-order valence-electron chi connectivity index (χ2n) is 3.53. The lowest BCUT2D eigenvalue weighted by atomic mass is 10.2. The number of hydrogen-bond donors (Lipinski definition) is 1. The predicted octanol–water partition coefficient (Wildman–Crippen LogP) is 2.60. The van der Waals surface area contributed by atoms with Crippen molar-refractivity contribution in [3.63, 3.8) is 0 Å². The molecule has 0 aliphatic carbocycles. The zero-order chi connectivity index (χ0) is 13.0. The zero-order valence-corrected chi connectivity index (χ0v) is 9.32. The smallest absolute Gasteiger partial charge is 0.343 e. The highest BCUT2D eigenvalue weighted by molar-refractivity contribution is 5.91. The van der Waals surface area contributed by atoms with Crippen LogP contribution in [-0.2, 0) is 0 Å². The molecule has 0 unspecified atom stereocenters. The summed E-state index contributed by atoms with van der Waals surface area (Å²) in [5.41, 5.74) is 0.402. The van der Waals surface area contributed by atoms with Gasteiger partial charge in [0.15, 0.2) is 0 Å². The molecule has 0 atom stereocenters. The molecule has 0 saturated heterocycles. The first kappa shape index (κ1) is 12.1. The molecule has 1 N–H and O–H groups in total. The van der Waals surface area contributed by atoms with Crippen molar-refractivity contribution in [1.82, 2.24) is 0 Å². The topological polar surface area (TPSA) is 72.8 Å². The van der Waals surface area contributed by atoms with Crippen molar-refractivity contribution in [2.75, 3.05) is 5.23 Å². The zero-order valence-electron chi connectivity index (χ0n) is 9.32. The maximum absolute atomic E-state index is 11.7. The standard InChI is InChI=1S/C13H10NO4/c15-13(10-5-2-1-3-6-10)18-12-8-4-7-11(9-12)14(16)17/h1-9,16H/q-1. The van der Waals surface area contributed by atoms with Crippen molar-refractivity contribution in [3.8, 4) is 5.75 Å². The van der Waals surface area contributed by atoms with E-state index in [9.17, 15) is 10.0 Å². The average molecular weight is 244 g/mol. The van der Waals surface area contributed by atoms with Crippen molar-refractivity contribution in [2.45, 2.75) is 0 Å². The van der Waals surface area contributed by atoms with Crippen LogP contribution < -0.4 is 9.96 Å². The summed E-state index contributed by atoms with van der Waals surface area (Å²) in [6.07, 6.45) is 0. The van der Waals surface area contributed by atoms with E-state index in [1.165, 1.54) is 24.3 Å². The molecule has 5 nitrogen and oxygen atoms in total. The molecular formula is C13H10NO4-. The van der Waals surface area contributed by atoms with Crippen LogP contribution in [-0.4, -0.2) is 11.2 Å². The highest BCUT2D eigenvalue weighted by Gasteiger charge is 2.07. The highest BCUT2D eigenvalue weighted by atomic mass is 16.8. The summed E-state index contributed by atoms with van der Waals surface area (Å²) in [5.74, 6) is -0.334. The van der Waals surface area contributed by atoms with Gasteiger partial charge in [0, 0.05) is 6.07 Å². The van der Waals surface area contributed by atoms with Crippen LogP contribution >= 0.6 is 0 Å². The van der Waals surface area contributed by atoms with Gasteiger partial charge in [-0.2, -0.15) is 0 Å². The van der Waals surface area contributed by atoms with E-state index in [1.807, 2.05) is 0 Å². The Morgan fingerprint density at radius 3 is 2.50 bits per heavy atom. The summed E-state index contributed by atoms with van der Waals surface area (Å²) < 4.78 is 5.08. The second kappa shape index (κ2) is 5.31. The third-order valence-electron chi connectivity index (χ3n) is 2.26. The largest absolute Gasteiger partial charge is 0.733 e. The molecule has 2 aromatic carbocycles. The van der Waals surface area contributed by atoms with Gasteiger partial charge in [-0.05, 0) is 24.3 Å². The summed E-state index contributed by atoms with van der Waals surface area (Å²) in [6.45, 7) is 0. The molecule has 0 aliphatic rings. The minimum absolute atomic E-state index is 0.00615. The first-order chi connectivity index (χ1) is 8.66. The van der Waals surface area contributed by atoms with Crippen LogP contribution in [0.1, 0.15) is 10.4 Å². The fourth-order valence-electron chi connectivity index (χ4n) is 1.41. The molecule has 18 heavy (non-hydrogen) atoms. The number of esters is 1. The summed E-state index contributed by atoms with van der Waals surface area (Å²) in [7, 11) is 0. The van der Waals surface area contributed by atoms with E-state index in [2.05, 4.69) is 0 Å². The summed E-state index contributed by atoms with van der Waals surface area (Å²) in [5, 5.41) is 19.1. The molecule has 5 heteroatoms. The minimum atomic E-state index is -0.525. The minimum Gasteiger partial charge on any atom is -0.733 e. The van der Waals surface area contributed by atoms with Crippen molar-refractivity contribution < 1.29 is 14.7 Å². The average Bonchev–Trinajstić information content (AvgIpc) is 2.40. The number of rotatable bonds is 3. The molecule has 0 bridgehead atoms. The van der Waals surface area contributed by atoms with Crippen LogP contribution in [0, 0.1) is 5.21 Å². The maximum atomic E-state index is 11.7. The van der Waals surface area contributed by atoms with Gasteiger partial charge in [0.2, 0.25) is 0 Å². The van der Waals surface area contributed by atoms with Crippen LogP contribution in [0.15, 0.2) is 54.6 Å². The van der Waals surface area contributed by atoms with E-state index in [4.69, 9.17) is 9.94 Å². The second-order valence-corrected chi connectivity index (χ2v) is 3.53. The van der Waals surface area contributed by atoms with Gasteiger partial charge < -0.3 is 15.2 Å². The number of carbonyl (C=O) groups is 1. The van der Waals surface area contributed by atoms with Gasteiger partial charge in [0.25, 0.3) is 0 Å². The molecule has 0 radical (unpaired) electrons.